The van der Waals surface area contributed by atoms with Crippen LogP contribution in [0.5, 0.6) is 0 Å². The Morgan fingerprint density at radius 3 is 2.54 bits per heavy atom. The monoisotopic (exact) mass is 494 g/mol. The Morgan fingerprint density at radius 1 is 0.973 bits per heavy atom. The molecule has 188 valence electrons. The number of fused-ring (bicyclic) bond motifs is 2. The lowest BCUT2D eigenvalue weighted by Gasteiger charge is -2.28. The highest BCUT2D eigenvalue weighted by molar-refractivity contribution is 5.95. The van der Waals surface area contributed by atoms with E-state index in [0.29, 0.717) is 17.3 Å². The molecule has 3 aromatic rings. The summed E-state index contributed by atoms with van der Waals surface area (Å²) in [5, 5.41) is 6.82. The van der Waals surface area contributed by atoms with Crippen LogP contribution in [-0.2, 0) is 4.79 Å². The minimum absolute atomic E-state index is 0.0469. The van der Waals surface area contributed by atoms with Gasteiger partial charge in [0.15, 0.2) is 0 Å². The van der Waals surface area contributed by atoms with Crippen LogP contribution in [0.1, 0.15) is 29.6 Å². The Bertz CT molecular complexity index is 1350. The Hall–Kier alpha value is -4.20. The number of carbonyl (C=O) groups is 2. The SMILES string of the molecule is NC(=O)C1C2C=CC(C2)C1Nc1nc(Nc2cccc(C(=O)N3CCCC3)c2)ncc1-c1ccccc1. The predicted molar refractivity (Wildman–Crippen MR) is 143 cm³/mol. The standard InChI is InChI=1S/C29H30N6O2/c30-26(36)24-19-11-12-20(15-19)25(24)33-27-23(18-7-2-1-3-8-18)17-31-29(34-27)32-22-10-6-9-21(16-22)28(37)35-13-4-5-14-35/h1-3,6-12,16-17,19-20,24-25H,4-5,13-15H2,(H2,30,36)(H2,31,32,33,34). The second-order valence-electron chi connectivity index (χ2n) is 10.1. The molecule has 1 aromatic heterocycles. The summed E-state index contributed by atoms with van der Waals surface area (Å²) in [6.07, 6.45) is 9.09. The van der Waals surface area contributed by atoms with Crippen molar-refractivity contribution < 1.29 is 9.59 Å². The third-order valence-electron chi connectivity index (χ3n) is 7.72. The molecule has 2 fully saturated rings. The van der Waals surface area contributed by atoms with Crippen LogP contribution in [-0.4, -0.2) is 45.8 Å². The van der Waals surface area contributed by atoms with E-state index in [1.54, 1.807) is 6.20 Å². The lowest BCUT2D eigenvalue weighted by atomic mass is 9.88. The van der Waals surface area contributed by atoms with Gasteiger partial charge in [0.05, 0.1) is 5.92 Å². The summed E-state index contributed by atoms with van der Waals surface area (Å²) in [5.74, 6) is 0.917. The van der Waals surface area contributed by atoms with E-state index in [9.17, 15) is 9.59 Å². The van der Waals surface area contributed by atoms with Crippen LogP contribution in [0.15, 0.2) is 72.9 Å². The molecule has 0 radical (unpaired) electrons. The van der Waals surface area contributed by atoms with E-state index in [4.69, 9.17) is 10.7 Å². The Balaban J connectivity index is 1.30. The molecule has 6 rings (SSSR count). The topological polar surface area (TPSA) is 113 Å². The molecule has 3 aliphatic rings. The molecule has 1 saturated carbocycles. The zero-order valence-electron chi connectivity index (χ0n) is 20.5. The van der Waals surface area contributed by atoms with Crippen LogP contribution in [0.4, 0.5) is 17.5 Å². The van der Waals surface area contributed by atoms with Crippen molar-refractivity contribution in [1.82, 2.24) is 14.9 Å². The van der Waals surface area contributed by atoms with Gasteiger partial charge in [0.2, 0.25) is 11.9 Å². The summed E-state index contributed by atoms with van der Waals surface area (Å²) >= 11 is 0. The van der Waals surface area contributed by atoms with Crippen LogP contribution in [0.25, 0.3) is 11.1 Å². The third kappa shape index (κ3) is 4.55. The molecule has 0 spiro atoms. The third-order valence-corrected chi connectivity index (χ3v) is 7.72. The maximum absolute atomic E-state index is 12.9. The molecule has 2 heterocycles. The van der Waals surface area contributed by atoms with E-state index < -0.39 is 0 Å². The minimum atomic E-state index is -0.289. The number of likely N-dealkylation sites (tertiary alicyclic amines) is 1. The number of nitrogens with two attached hydrogens (primary N) is 1. The molecule has 4 N–H and O–H groups in total. The first-order valence-corrected chi connectivity index (χ1v) is 12.9. The van der Waals surface area contributed by atoms with Crippen molar-refractivity contribution in [3.63, 3.8) is 0 Å². The second kappa shape index (κ2) is 9.69. The first-order chi connectivity index (χ1) is 18.1. The second-order valence-corrected chi connectivity index (χ2v) is 10.1. The molecule has 2 amide bonds. The average molecular weight is 495 g/mol. The number of hydrogen-bond donors (Lipinski definition) is 3. The molecule has 2 aliphatic carbocycles. The lowest BCUT2D eigenvalue weighted by Crippen LogP contribution is -2.41. The van der Waals surface area contributed by atoms with Gasteiger partial charge in [0.25, 0.3) is 5.91 Å². The average Bonchev–Trinajstić information content (AvgIpc) is 3.68. The van der Waals surface area contributed by atoms with E-state index in [1.165, 1.54) is 0 Å². The number of allylic oxidation sites excluding steroid dienone is 1. The largest absolute Gasteiger partial charge is 0.369 e. The number of hydrogen-bond acceptors (Lipinski definition) is 6. The smallest absolute Gasteiger partial charge is 0.253 e. The number of aromatic nitrogens is 2. The molecule has 8 nitrogen and oxygen atoms in total. The van der Waals surface area contributed by atoms with Gasteiger partial charge in [-0.25, -0.2) is 4.98 Å². The van der Waals surface area contributed by atoms with Crippen molar-refractivity contribution in [3.8, 4) is 11.1 Å². The highest BCUT2D eigenvalue weighted by atomic mass is 16.2. The normalized spacial score (nSPS) is 23.8. The van der Waals surface area contributed by atoms with Gasteiger partial charge in [-0.15, -0.1) is 0 Å². The summed E-state index contributed by atoms with van der Waals surface area (Å²) in [5.41, 5.74) is 9.01. The highest BCUT2D eigenvalue weighted by Crippen LogP contribution is 2.45. The maximum atomic E-state index is 12.9. The number of carbonyl (C=O) groups excluding carboxylic acids is 2. The van der Waals surface area contributed by atoms with Gasteiger partial charge in [-0.05, 0) is 54.9 Å². The fourth-order valence-electron chi connectivity index (χ4n) is 5.91. The zero-order valence-corrected chi connectivity index (χ0v) is 20.5. The number of amides is 2. The fourth-order valence-corrected chi connectivity index (χ4v) is 5.91. The molecular formula is C29H30N6O2. The van der Waals surface area contributed by atoms with Crippen molar-refractivity contribution in [2.75, 3.05) is 23.7 Å². The fraction of sp³-hybridized carbons (Fsp3) is 0.310. The number of rotatable bonds is 7. The molecule has 8 heteroatoms. The molecule has 2 aromatic carbocycles. The van der Waals surface area contributed by atoms with E-state index in [-0.39, 0.29) is 35.6 Å². The summed E-state index contributed by atoms with van der Waals surface area (Å²) < 4.78 is 0. The number of benzene rings is 2. The van der Waals surface area contributed by atoms with Crippen molar-refractivity contribution >= 4 is 29.3 Å². The molecule has 4 unspecified atom stereocenters. The molecule has 4 atom stereocenters. The Kier molecular flexibility index (Phi) is 6.08. The first kappa shape index (κ1) is 23.2. The molecular weight excluding hydrogens is 464 g/mol. The van der Waals surface area contributed by atoms with Crippen LogP contribution in [0.2, 0.25) is 0 Å². The van der Waals surface area contributed by atoms with Crippen LogP contribution < -0.4 is 16.4 Å². The van der Waals surface area contributed by atoms with Crippen molar-refractivity contribution in [1.29, 1.82) is 0 Å². The van der Waals surface area contributed by atoms with E-state index >= 15 is 0 Å². The lowest BCUT2D eigenvalue weighted by molar-refractivity contribution is -0.122. The molecule has 2 bridgehead atoms. The van der Waals surface area contributed by atoms with Crippen LogP contribution in [0, 0.1) is 17.8 Å². The Morgan fingerprint density at radius 2 is 1.76 bits per heavy atom. The molecule has 37 heavy (non-hydrogen) atoms. The van der Waals surface area contributed by atoms with Gasteiger partial charge < -0.3 is 21.3 Å². The highest BCUT2D eigenvalue weighted by Gasteiger charge is 2.47. The first-order valence-electron chi connectivity index (χ1n) is 12.9. The van der Waals surface area contributed by atoms with E-state index in [2.05, 4.69) is 27.8 Å². The number of primary amides is 1. The maximum Gasteiger partial charge on any atom is 0.253 e. The van der Waals surface area contributed by atoms with Gasteiger partial charge in [0, 0.05) is 42.1 Å². The van der Waals surface area contributed by atoms with Gasteiger partial charge in [-0.1, -0.05) is 48.6 Å². The van der Waals surface area contributed by atoms with Gasteiger partial charge in [-0.2, -0.15) is 4.98 Å². The van der Waals surface area contributed by atoms with E-state index in [1.807, 2.05) is 59.5 Å². The summed E-state index contributed by atoms with van der Waals surface area (Å²) in [4.78, 5) is 36.5. The van der Waals surface area contributed by atoms with Gasteiger partial charge in [-0.3, -0.25) is 9.59 Å². The summed E-state index contributed by atoms with van der Waals surface area (Å²) in [6.45, 7) is 1.61. The predicted octanol–water partition coefficient (Wildman–Crippen LogP) is 4.21. The summed E-state index contributed by atoms with van der Waals surface area (Å²) in [6, 6.07) is 17.2. The quantitative estimate of drug-likeness (QED) is 0.424. The van der Waals surface area contributed by atoms with Gasteiger partial charge >= 0.3 is 0 Å². The van der Waals surface area contributed by atoms with E-state index in [0.717, 1.165) is 49.2 Å². The van der Waals surface area contributed by atoms with Crippen LogP contribution in [0.3, 0.4) is 0 Å². The van der Waals surface area contributed by atoms with Crippen LogP contribution >= 0.6 is 0 Å². The molecule has 1 saturated heterocycles. The van der Waals surface area contributed by atoms with Gasteiger partial charge in [0.1, 0.15) is 5.82 Å². The minimum Gasteiger partial charge on any atom is -0.369 e. The van der Waals surface area contributed by atoms with Crippen molar-refractivity contribution in [3.05, 3.63) is 78.5 Å². The number of nitrogens with one attached hydrogen (secondary N) is 2. The summed E-state index contributed by atoms with van der Waals surface area (Å²) in [7, 11) is 0. The number of anilines is 3. The molecule has 1 aliphatic heterocycles. The van der Waals surface area contributed by atoms with Crippen molar-refractivity contribution in [2.24, 2.45) is 23.5 Å². The zero-order chi connectivity index (χ0) is 25.4. The van der Waals surface area contributed by atoms with Crippen molar-refractivity contribution in [2.45, 2.75) is 25.3 Å². The Labute approximate surface area is 216 Å². The number of nitrogens with zero attached hydrogens (tertiary/aromatic N) is 3.